The third-order valence-corrected chi connectivity index (χ3v) is 12.4. The van der Waals surface area contributed by atoms with Crippen molar-refractivity contribution in [1.29, 1.82) is 0 Å². The number of aliphatic hydroxyl groups excluding tert-OH is 3. The molecule has 0 aliphatic carbocycles. The van der Waals surface area contributed by atoms with E-state index in [4.69, 9.17) is 0 Å². The first kappa shape index (κ1) is 58.6. The quantitative estimate of drug-likeness (QED) is 0.0363. The fourth-order valence-electron chi connectivity index (χ4n) is 8.32. The average Bonchev–Trinajstić information content (AvgIpc) is 3.24. The largest absolute Gasteiger partial charge is 0.394 e. The highest BCUT2D eigenvalue weighted by Gasteiger charge is 2.20. The Labute approximate surface area is 374 Å². The zero-order valence-electron chi connectivity index (χ0n) is 40.4. The van der Waals surface area contributed by atoms with Gasteiger partial charge in [0, 0.05) is 0 Å². The SMILES string of the molecule is CCCCCCCCC/C=C/CC/C=C/CC/C=C/C(O)C(CO)NC(=O)CC(O)CCCCCCCCCCCCCCCCCCCCCCCCCCCCCC. The van der Waals surface area contributed by atoms with Crippen LogP contribution in [0.25, 0.3) is 0 Å². The minimum atomic E-state index is -0.958. The molecule has 0 rings (SSSR count). The van der Waals surface area contributed by atoms with E-state index in [1.54, 1.807) is 6.08 Å². The van der Waals surface area contributed by atoms with Gasteiger partial charge in [0.05, 0.1) is 31.3 Å². The molecular weight excluding hydrogens is 739 g/mol. The standard InChI is InChI=1S/C55H105NO4/c1-3-5-7-9-11-13-15-17-19-21-22-23-24-25-26-27-28-29-30-31-33-34-36-38-40-42-44-46-48-52(58)50-55(60)56-53(51-57)54(59)49-47-45-43-41-39-37-35-32-20-18-16-14-12-10-8-6-4-2/h20,32,39,41,47,49,52-54,57-59H,3-19,21-31,33-38,40,42-46,48,50-51H2,1-2H3,(H,56,60)/b32-20+,41-39+,49-47+. The van der Waals surface area contributed by atoms with Crippen LogP contribution < -0.4 is 5.32 Å². The van der Waals surface area contributed by atoms with Gasteiger partial charge in [0.25, 0.3) is 0 Å². The van der Waals surface area contributed by atoms with Gasteiger partial charge in [0.1, 0.15) is 0 Å². The molecule has 0 aliphatic heterocycles. The molecule has 0 spiro atoms. The van der Waals surface area contributed by atoms with Crippen LogP contribution >= 0.6 is 0 Å². The minimum Gasteiger partial charge on any atom is -0.394 e. The summed E-state index contributed by atoms with van der Waals surface area (Å²) < 4.78 is 0. The van der Waals surface area contributed by atoms with Crippen molar-refractivity contribution in [2.75, 3.05) is 6.61 Å². The molecule has 0 saturated carbocycles. The predicted octanol–water partition coefficient (Wildman–Crippen LogP) is 16.3. The van der Waals surface area contributed by atoms with Crippen molar-refractivity contribution in [2.24, 2.45) is 0 Å². The Kier molecular flexibility index (Phi) is 49.0. The minimum absolute atomic E-state index is 0.00551. The van der Waals surface area contributed by atoms with E-state index in [0.29, 0.717) is 6.42 Å². The number of carbonyl (C=O) groups is 1. The van der Waals surface area contributed by atoms with E-state index >= 15 is 0 Å². The predicted molar refractivity (Wildman–Crippen MR) is 264 cm³/mol. The first-order valence-corrected chi connectivity index (χ1v) is 26.8. The Bertz CT molecular complexity index is 931. The van der Waals surface area contributed by atoms with Gasteiger partial charge in [-0.2, -0.15) is 0 Å². The van der Waals surface area contributed by atoms with Gasteiger partial charge in [0.15, 0.2) is 0 Å². The average molecular weight is 844 g/mol. The van der Waals surface area contributed by atoms with Gasteiger partial charge in [-0.15, -0.1) is 0 Å². The lowest BCUT2D eigenvalue weighted by atomic mass is 10.0. The summed E-state index contributed by atoms with van der Waals surface area (Å²) in [6, 6.07) is -0.766. The summed E-state index contributed by atoms with van der Waals surface area (Å²) in [4.78, 5) is 12.5. The molecule has 3 unspecified atom stereocenters. The molecule has 0 aromatic carbocycles. The Morgan fingerprint density at radius 1 is 0.417 bits per heavy atom. The lowest BCUT2D eigenvalue weighted by Gasteiger charge is -2.21. The maximum Gasteiger partial charge on any atom is 0.222 e. The third kappa shape index (κ3) is 46.1. The molecule has 5 heteroatoms. The molecule has 0 saturated heterocycles. The lowest BCUT2D eigenvalue weighted by Crippen LogP contribution is -2.45. The molecule has 5 nitrogen and oxygen atoms in total. The molecule has 3 atom stereocenters. The van der Waals surface area contributed by atoms with Crippen molar-refractivity contribution in [3.05, 3.63) is 36.5 Å². The third-order valence-electron chi connectivity index (χ3n) is 12.4. The molecule has 0 radical (unpaired) electrons. The van der Waals surface area contributed by atoms with E-state index in [0.717, 1.165) is 38.5 Å². The van der Waals surface area contributed by atoms with Crippen molar-refractivity contribution in [3.63, 3.8) is 0 Å². The molecule has 0 heterocycles. The van der Waals surface area contributed by atoms with Crippen LogP contribution in [0.15, 0.2) is 36.5 Å². The second kappa shape index (κ2) is 50.2. The number of allylic oxidation sites excluding steroid dienone is 5. The fourth-order valence-corrected chi connectivity index (χ4v) is 8.32. The van der Waals surface area contributed by atoms with Crippen molar-refractivity contribution >= 4 is 5.91 Å². The van der Waals surface area contributed by atoms with Gasteiger partial charge in [-0.05, 0) is 44.9 Å². The maximum absolute atomic E-state index is 12.5. The van der Waals surface area contributed by atoms with Crippen LogP contribution in [0.1, 0.15) is 284 Å². The second-order valence-corrected chi connectivity index (χ2v) is 18.5. The highest BCUT2D eigenvalue weighted by Crippen LogP contribution is 2.17. The Hall–Kier alpha value is -1.43. The number of carbonyl (C=O) groups excluding carboxylic acids is 1. The van der Waals surface area contributed by atoms with Crippen molar-refractivity contribution in [2.45, 2.75) is 302 Å². The van der Waals surface area contributed by atoms with Crippen LogP contribution in [0.2, 0.25) is 0 Å². The number of hydrogen-bond acceptors (Lipinski definition) is 4. The van der Waals surface area contributed by atoms with Crippen molar-refractivity contribution in [3.8, 4) is 0 Å². The van der Waals surface area contributed by atoms with Gasteiger partial charge < -0.3 is 20.6 Å². The van der Waals surface area contributed by atoms with E-state index in [1.807, 2.05) is 6.08 Å². The van der Waals surface area contributed by atoms with Gasteiger partial charge in [-0.1, -0.05) is 269 Å². The number of hydrogen-bond donors (Lipinski definition) is 4. The van der Waals surface area contributed by atoms with E-state index in [1.165, 1.54) is 218 Å². The molecule has 0 bridgehead atoms. The first-order chi connectivity index (χ1) is 29.5. The highest BCUT2D eigenvalue weighted by atomic mass is 16.3. The van der Waals surface area contributed by atoms with Gasteiger partial charge in [-0.3, -0.25) is 4.79 Å². The zero-order chi connectivity index (χ0) is 43.7. The summed E-state index contributed by atoms with van der Waals surface area (Å²) >= 11 is 0. The summed E-state index contributed by atoms with van der Waals surface area (Å²) in [6.45, 7) is 4.21. The van der Waals surface area contributed by atoms with Crippen molar-refractivity contribution in [1.82, 2.24) is 5.32 Å². The van der Waals surface area contributed by atoms with Crippen LogP contribution in [0, 0.1) is 0 Å². The van der Waals surface area contributed by atoms with E-state index in [-0.39, 0.29) is 18.9 Å². The molecular formula is C55H105NO4. The zero-order valence-corrected chi connectivity index (χ0v) is 40.4. The molecule has 0 aromatic rings. The molecule has 4 N–H and O–H groups in total. The molecule has 1 amide bonds. The Morgan fingerprint density at radius 3 is 1.07 bits per heavy atom. The van der Waals surface area contributed by atoms with E-state index in [9.17, 15) is 20.1 Å². The summed E-state index contributed by atoms with van der Waals surface area (Å²) in [7, 11) is 0. The molecule has 0 aromatic heterocycles. The van der Waals surface area contributed by atoms with Gasteiger partial charge in [0.2, 0.25) is 5.91 Å². The van der Waals surface area contributed by atoms with Crippen LogP contribution in [0.3, 0.4) is 0 Å². The maximum atomic E-state index is 12.5. The number of rotatable bonds is 49. The van der Waals surface area contributed by atoms with Crippen LogP contribution in [-0.2, 0) is 4.79 Å². The smallest absolute Gasteiger partial charge is 0.222 e. The van der Waals surface area contributed by atoms with Crippen LogP contribution in [0.5, 0.6) is 0 Å². The number of nitrogens with one attached hydrogen (secondary N) is 1. The first-order valence-electron chi connectivity index (χ1n) is 26.8. The van der Waals surface area contributed by atoms with Crippen LogP contribution in [0.4, 0.5) is 0 Å². The number of aliphatic hydroxyl groups is 3. The number of unbranched alkanes of at least 4 members (excludes halogenated alkanes) is 36. The van der Waals surface area contributed by atoms with E-state index in [2.05, 4.69) is 43.5 Å². The van der Waals surface area contributed by atoms with Crippen LogP contribution in [-0.4, -0.2) is 46.1 Å². The molecule has 60 heavy (non-hydrogen) atoms. The van der Waals surface area contributed by atoms with Gasteiger partial charge >= 0.3 is 0 Å². The Balaban J connectivity index is 3.57. The lowest BCUT2D eigenvalue weighted by molar-refractivity contribution is -0.124. The summed E-state index contributed by atoms with van der Waals surface area (Å²) in [5.74, 6) is -0.325. The highest BCUT2D eigenvalue weighted by molar-refractivity contribution is 5.76. The fraction of sp³-hybridized carbons (Fsp3) is 0.873. The summed E-state index contributed by atoms with van der Waals surface area (Å²) in [5, 5.41) is 33.3. The molecule has 0 fully saturated rings. The number of amides is 1. The summed E-state index contributed by atoms with van der Waals surface area (Å²) in [5.41, 5.74) is 0. The summed E-state index contributed by atoms with van der Waals surface area (Å²) in [6.07, 6.45) is 64.7. The monoisotopic (exact) mass is 844 g/mol. The normalized spacial score (nSPS) is 13.6. The topological polar surface area (TPSA) is 89.8 Å². The second-order valence-electron chi connectivity index (χ2n) is 18.5. The van der Waals surface area contributed by atoms with Gasteiger partial charge in [-0.25, -0.2) is 0 Å². The van der Waals surface area contributed by atoms with Crippen molar-refractivity contribution < 1.29 is 20.1 Å². The molecule has 354 valence electrons. The molecule has 0 aliphatic rings. The Morgan fingerprint density at radius 2 is 0.717 bits per heavy atom. The van der Waals surface area contributed by atoms with E-state index < -0.39 is 18.2 Å².